The molecule has 2 atom stereocenters. The summed E-state index contributed by atoms with van der Waals surface area (Å²) < 4.78 is 0. The molecule has 0 aliphatic carbocycles. The number of aromatic amines is 1. The first-order valence-corrected chi connectivity index (χ1v) is 9.80. The van der Waals surface area contributed by atoms with E-state index in [9.17, 15) is 19.5 Å². The van der Waals surface area contributed by atoms with Crippen molar-refractivity contribution in [1.82, 2.24) is 15.5 Å². The van der Waals surface area contributed by atoms with Crippen molar-refractivity contribution in [1.29, 1.82) is 0 Å². The van der Waals surface area contributed by atoms with Crippen molar-refractivity contribution >= 4 is 17.8 Å². The van der Waals surface area contributed by atoms with E-state index in [0.29, 0.717) is 6.42 Å². The van der Waals surface area contributed by atoms with Gasteiger partial charge in [0.05, 0.1) is 5.92 Å². The quantitative estimate of drug-likeness (QED) is 0.419. The lowest BCUT2D eigenvalue weighted by atomic mass is 9.95. The average molecular weight is 421 g/mol. The molecule has 1 heterocycles. The number of nitrogens with one attached hydrogen (secondary N) is 2. The van der Waals surface area contributed by atoms with Gasteiger partial charge >= 0.3 is 11.9 Å². The van der Waals surface area contributed by atoms with E-state index in [2.05, 4.69) is 15.5 Å². The van der Waals surface area contributed by atoms with E-state index < -0.39 is 29.8 Å². The second-order valence-electron chi connectivity index (χ2n) is 7.38. The third-order valence-electron chi connectivity index (χ3n) is 4.98. The van der Waals surface area contributed by atoms with E-state index in [0.717, 1.165) is 22.8 Å². The zero-order chi connectivity index (χ0) is 22.4. The third kappa shape index (κ3) is 5.79. The summed E-state index contributed by atoms with van der Waals surface area (Å²) in [7, 11) is 0. The fourth-order valence-corrected chi connectivity index (χ4v) is 3.28. The Morgan fingerprint density at radius 2 is 1.65 bits per heavy atom. The maximum Gasteiger partial charge on any atom is 0.353 e. The molecule has 0 saturated heterocycles. The Morgan fingerprint density at radius 1 is 1.00 bits per heavy atom. The van der Waals surface area contributed by atoms with Crippen molar-refractivity contribution in [2.75, 3.05) is 0 Å². The predicted octanol–water partition coefficient (Wildman–Crippen LogP) is 3.23. The average Bonchev–Trinajstić information content (AvgIpc) is 3.25. The first-order valence-electron chi connectivity index (χ1n) is 9.80. The lowest BCUT2D eigenvalue weighted by molar-refractivity contribution is -0.141. The second-order valence-corrected chi connectivity index (χ2v) is 7.38. The zero-order valence-electron chi connectivity index (χ0n) is 16.9. The minimum atomic E-state index is -1.22. The van der Waals surface area contributed by atoms with Gasteiger partial charge in [-0.1, -0.05) is 61.5 Å². The van der Waals surface area contributed by atoms with Gasteiger partial charge in [-0.2, -0.15) is 5.10 Å². The highest BCUT2D eigenvalue weighted by molar-refractivity contribution is 5.95. The molecule has 1 aromatic heterocycles. The van der Waals surface area contributed by atoms with Gasteiger partial charge < -0.3 is 15.5 Å². The molecule has 0 radical (unpaired) electrons. The number of carboxylic acids is 2. The maximum atomic E-state index is 12.5. The van der Waals surface area contributed by atoms with Gasteiger partial charge in [0.15, 0.2) is 5.69 Å². The Hall–Kier alpha value is -3.94. The molecule has 0 aliphatic rings. The number of rotatable bonds is 9. The lowest BCUT2D eigenvalue weighted by Gasteiger charge is -2.20. The summed E-state index contributed by atoms with van der Waals surface area (Å²) in [5, 5.41) is 27.0. The molecular weight excluding hydrogens is 398 g/mol. The molecule has 0 bridgehead atoms. The lowest BCUT2D eigenvalue weighted by Crippen LogP contribution is -2.38. The van der Waals surface area contributed by atoms with Gasteiger partial charge in [0.2, 0.25) is 0 Å². The van der Waals surface area contributed by atoms with Crippen LogP contribution in [0.25, 0.3) is 11.1 Å². The van der Waals surface area contributed by atoms with Crippen molar-refractivity contribution in [3.05, 3.63) is 77.6 Å². The van der Waals surface area contributed by atoms with Crippen LogP contribution in [0.3, 0.4) is 0 Å². The summed E-state index contributed by atoms with van der Waals surface area (Å²) in [6.07, 6.45) is 0.645. The molecule has 0 aliphatic heterocycles. The van der Waals surface area contributed by atoms with Crippen LogP contribution in [0.2, 0.25) is 0 Å². The Balaban J connectivity index is 1.74. The van der Waals surface area contributed by atoms with E-state index in [1.807, 2.05) is 54.6 Å². The maximum absolute atomic E-state index is 12.5. The monoisotopic (exact) mass is 421 g/mol. The SMILES string of the molecule is C[C@H](C[C@@H](Cc1ccc(-c2ccccc2)cc1)NC(=O)c1cc(C(=O)O)[nH]n1)C(=O)O. The van der Waals surface area contributed by atoms with Crippen molar-refractivity contribution in [2.45, 2.75) is 25.8 Å². The van der Waals surface area contributed by atoms with Gasteiger partial charge in [-0.15, -0.1) is 0 Å². The fourth-order valence-electron chi connectivity index (χ4n) is 3.28. The topological polar surface area (TPSA) is 132 Å². The molecule has 0 unspecified atom stereocenters. The minimum Gasteiger partial charge on any atom is -0.481 e. The Labute approximate surface area is 178 Å². The summed E-state index contributed by atoms with van der Waals surface area (Å²) in [5.74, 6) is -3.40. The third-order valence-corrected chi connectivity index (χ3v) is 4.98. The Bertz CT molecular complexity index is 1060. The van der Waals surface area contributed by atoms with Crippen LogP contribution in [0.4, 0.5) is 0 Å². The van der Waals surface area contributed by atoms with E-state index in [1.165, 1.54) is 0 Å². The molecule has 8 nitrogen and oxygen atoms in total. The van der Waals surface area contributed by atoms with Gasteiger partial charge in [0.1, 0.15) is 5.69 Å². The molecule has 1 amide bonds. The number of nitrogens with zero attached hydrogens (tertiary/aromatic N) is 1. The summed E-state index contributed by atoms with van der Waals surface area (Å²) >= 11 is 0. The summed E-state index contributed by atoms with van der Waals surface area (Å²) in [5.41, 5.74) is 2.82. The van der Waals surface area contributed by atoms with Crippen LogP contribution in [-0.4, -0.2) is 44.3 Å². The van der Waals surface area contributed by atoms with Crippen LogP contribution in [0, 0.1) is 5.92 Å². The van der Waals surface area contributed by atoms with Gasteiger partial charge in [0.25, 0.3) is 5.91 Å². The molecule has 2 aromatic carbocycles. The second kappa shape index (κ2) is 9.71. The van der Waals surface area contributed by atoms with E-state index in [1.54, 1.807) is 6.92 Å². The standard InChI is InChI=1S/C23H23N3O5/c1-14(22(28)29)11-18(24-21(27)19-13-20(23(30)31)26-25-19)12-15-7-9-17(10-8-15)16-5-3-2-4-6-16/h2-10,13-14,18H,11-12H2,1H3,(H,24,27)(H,25,26)(H,28,29)(H,30,31)/t14-,18+/m1/s1. The van der Waals surface area contributed by atoms with Gasteiger partial charge in [-0.3, -0.25) is 14.7 Å². The molecule has 8 heteroatoms. The number of carboxylic acid groups (broad SMARTS) is 2. The molecule has 4 N–H and O–H groups in total. The number of carbonyl (C=O) groups is 3. The van der Waals surface area contributed by atoms with Crippen LogP contribution in [0.15, 0.2) is 60.7 Å². The van der Waals surface area contributed by atoms with Crippen LogP contribution in [0.5, 0.6) is 0 Å². The molecular formula is C23H23N3O5. The number of amides is 1. The number of aliphatic carboxylic acids is 1. The summed E-state index contributed by atoms with van der Waals surface area (Å²) in [4.78, 5) is 34.8. The number of aromatic nitrogens is 2. The zero-order valence-corrected chi connectivity index (χ0v) is 16.9. The van der Waals surface area contributed by atoms with Gasteiger partial charge in [-0.05, 0) is 29.5 Å². The van der Waals surface area contributed by atoms with Crippen molar-refractivity contribution < 1.29 is 24.6 Å². The normalized spacial score (nSPS) is 12.7. The molecule has 160 valence electrons. The molecule has 0 fully saturated rings. The van der Waals surface area contributed by atoms with E-state index >= 15 is 0 Å². The largest absolute Gasteiger partial charge is 0.481 e. The minimum absolute atomic E-state index is 0.0650. The molecule has 0 spiro atoms. The highest BCUT2D eigenvalue weighted by atomic mass is 16.4. The first-order chi connectivity index (χ1) is 14.8. The highest BCUT2D eigenvalue weighted by Gasteiger charge is 2.22. The van der Waals surface area contributed by atoms with E-state index in [4.69, 9.17) is 5.11 Å². The number of benzene rings is 2. The highest BCUT2D eigenvalue weighted by Crippen LogP contribution is 2.21. The van der Waals surface area contributed by atoms with Crippen molar-refractivity contribution in [3.8, 4) is 11.1 Å². The summed E-state index contributed by atoms with van der Waals surface area (Å²) in [6, 6.07) is 18.5. The van der Waals surface area contributed by atoms with Crippen molar-refractivity contribution in [3.63, 3.8) is 0 Å². The molecule has 31 heavy (non-hydrogen) atoms. The number of hydrogen-bond acceptors (Lipinski definition) is 4. The number of hydrogen-bond donors (Lipinski definition) is 4. The smallest absolute Gasteiger partial charge is 0.353 e. The van der Waals surface area contributed by atoms with Gasteiger partial charge in [-0.25, -0.2) is 4.79 Å². The number of aromatic carboxylic acids is 1. The van der Waals surface area contributed by atoms with Crippen LogP contribution in [-0.2, 0) is 11.2 Å². The van der Waals surface area contributed by atoms with Crippen LogP contribution < -0.4 is 5.32 Å². The van der Waals surface area contributed by atoms with Crippen molar-refractivity contribution in [2.24, 2.45) is 5.92 Å². The fraction of sp³-hybridized carbons (Fsp3) is 0.217. The molecule has 3 aromatic rings. The van der Waals surface area contributed by atoms with Crippen LogP contribution in [0.1, 0.15) is 39.9 Å². The molecule has 0 saturated carbocycles. The Kier molecular flexibility index (Phi) is 6.81. The predicted molar refractivity (Wildman–Crippen MR) is 114 cm³/mol. The number of H-pyrrole nitrogens is 1. The number of carbonyl (C=O) groups excluding carboxylic acids is 1. The summed E-state index contributed by atoms with van der Waals surface area (Å²) in [6.45, 7) is 1.58. The van der Waals surface area contributed by atoms with Gasteiger partial charge in [0, 0.05) is 12.1 Å². The first kappa shape index (κ1) is 21.8. The molecule has 3 rings (SSSR count). The van der Waals surface area contributed by atoms with Crippen LogP contribution >= 0.6 is 0 Å². The Morgan fingerprint density at radius 3 is 2.23 bits per heavy atom. The van der Waals surface area contributed by atoms with E-state index in [-0.39, 0.29) is 17.8 Å².